The van der Waals surface area contributed by atoms with E-state index in [0.717, 1.165) is 22.0 Å². The molecule has 4 heteroatoms. The van der Waals surface area contributed by atoms with Crippen LogP contribution in [0.2, 0.25) is 0 Å². The minimum atomic E-state index is -1.000. The largest absolute Gasteiger partial charge is 0.458 e. The Hall–Kier alpha value is -0.840. The predicted octanol–water partition coefficient (Wildman–Crippen LogP) is 3.65. The molecular weight excluding hydrogens is 306 g/mol. The number of hydrogen-bond acceptors (Lipinski definition) is 3. The van der Waals surface area contributed by atoms with E-state index in [1.54, 1.807) is 6.92 Å². The fourth-order valence-electron chi connectivity index (χ4n) is 1.97. The minimum Gasteiger partial charge on any atom is -0.458 e. The lowest BCUT2D eigenvalue weighted by atomic mass is 10.0. The second kappa shape index (κ2) is 5.65. The molecule has 2 aromatic rings. The smallest absolute Gasteiger partial charge is 0.137 e. The number of nitrogens with one attached hydrogen (secondary N) is 1. The maximum absolute atomic E-state index is 10.5. The van der Waals surface area contributed by atoms with E-state index in [2.05, 4.69) is 35.1 Å². The first-order chi connectivity index (χ1) is 8.88. The number of aliphatic hydroxyl groups is 1. The van der Waals surface area contributed by atoms with Crippen molar-refractivity contribution in [1.82, 2.24) is 5.32 Å². The first-order valence-electron chi connectivity index (χ1n) is 6.51. The highest BCUT2D eigenvalue weighted by Gasteiger charge is 2.27. The summed E-state index contributed by atoms with van der Waals surface area (Å²) in [6.07, 6.45) is 0. The van der Waals surface area contributed by atoms with Crippen LogP contribution in [-0.4, -0.2) is 18.2 Å². The summed E-state index contributed by atoms with van der Waals surface area (Å²) in [5.74, 6) is 1.15. The molecule has 0 radical (unpaired) electrons. The van der Waals surface area contributed by atoms with E-state index < -0.39 is 5.60 Å². The molecule has 0 aliphatic carbocycles. The molecule has 1 unspecified atom stereocenters. The normalized spacial score (nSPS) is 15.1. The van der Waals surface area contributed by atoms with E-state index in [0.29, 0.717) is 18.2 Å². The molecule has 0 spiro atoms. The minimum absolute atomic E-state index is 0.478. The van der Waals surface area contributed by atoms with Gasteiger partial charge in [0, 0.05) is 16.4 Å². The van der Waals surface area contributed by atoms with E-state index in [4.69, 9.17) is 4.42 Å². The van der Waals surface area contributed by atoms with Crippen LogP contribution in [0.4, 0.5) is 0 Å². The van der Waals surface area contributed by atoms with Gasteiger partial charge in [-0.15, -0.1) is 0 Å². The Morgan fingerprint density at radius 3 is 2.79 bits per heavy atom. The fraction of sp³-hybridized carbons (Fsp3) is 0.467. The van der Waals surface area contributed by atoms with Crippen molar-refractivity contribution in [3.63, 3.8) is 0 Å². The molecule has 3 nitrogen and oxygen atoms in total. The van der Waals surface area contributed by atoms with Crippen LogP contribution in [0.15, 0.2) is 33.2 Å². The highest BCUT2D eigenvalue weighted by Crippen LogP contribution is 2.29. The van der Waals surface area contributed by atoms with E-state index in [1.165, 1.54) is 0 Å². The third kappa shape index (κ3) is 3.59. The van der Waals surface area contributed by atoms with Gasteiger partial charge in [-0.2, -0.15) is 0 Å². The second-order valence-corrected chi connectivity index (χ2v) is 6.51. The summed E-state index contributed by atoms with van der Waals surface area (Å²) in [4.78, 5) is 0. The topological polar surface area (TPSA) is 45.4 Å². The second-order valence-electron chi connectivity index (χ2n) is 5.59. The summed E-state index contributed by atoms with van der Waals surface area (Å²) in [6, 6.07) is 7.72. The molecule has 1 heterocycles. The summed E-state index contributed by atoms with van der Waals surface area (Å²) >= 11 is 3.43. The lowest BCUT2D eigenvalue weighted by Gasteiger charge is -2.21. The van der Waals surface area contributed by atoms with Gasteiger partial charge in [0.25, 0.3) is 0 Å². The quantitative estimate of drug-likeness (QED) is 0.882. The van der Waals surface area contributed by atoms with E-state index in [1.807, 2.05) is 24.3 Å². The van der Waals surface area contributed by atoms with Gasteiger partial charge in [-0.3, -0.25) is 0 Å². The first-order valence-corrected chi connectivity index (χ1v) is 7.30. The van der Waals surface area contributed by atoms with Gasteiger partial charge in [-0.25, -0.2) is 0 Å². The van der Waals surface area contributed by atoms with Crippen LogP contribution < -0.4 is 5.32 Å². The van der Waals surface area contributed by atoms with Crippen molar-refractivity contribution in [1.29, 1.82) is 0 Å². The van der Waals surface area contributed by atoms with Gasteiger partial charge in [-0.05, 0) is 43.7 Å². The molecule has 1 atom stereocenters. The fourth-order valence-corrected chi connectivity index (χ4v) is 2.35. The molecule has 0 aliphatic heterocycles. The molecule has 2 N–H and O–H groups in total. The lowest BCUT2D eigenvalue weighted by Crippen LogP contribution is -2.36. The van der Waals surface area contributed by atoms with Gasteiger partial charge in [0.1, 0.15) is 16.9 Å². The number of rotatable bonds is 5. The Balaban J connectivity index is 2.17. The van der Waals surface area contributed by atoms with Gasteiger partial charge < -0.3 is 14.8 Å². The summed E-state index contributed by atoms with van der Waals surface area (Å²) in [5.41, 5.74) is -0.206. The van der Waals surface area contributed by atoms with E-state index in [9.17, 15) is 5.11 Å². The molecule has 1 aromatic carbocycles. The molecule has 1 aromatic heterocycles. The SMILES string of the molecule is CC(C)CNCC(C)(O)c1cc2cc(Br)ccc2o1. The zero-order valence-corrected chi connectivity index (χ0v) is 13.1. The number of fused-ring (bicyclic) bond motifs is 1. The van der Waals surface area contributed by atoms with Crippen molar-refractivity contribution in [2.24, 2.45) is 5.92 Å². The van der Waals surface area contributed by atoms with Gasteiger partial charge in [0.05, 0.1) is 0 Å². The Morgan fingerprint density at radius 1 is 1.37 bits per heavy atom. The standard InChI is InChI=1S/C15H20BrNO2/c1-10(2)8-17-9-15(3,18)14-7-11-6-12(16)4-5-13(11)19-14/h4-7,10,17-18H,8-9H2,1-3H3. The van der Waals surface area contributed by atoms with Crippen LogP contribution in [0, 0.1) is 5.92 Å². The van der Waals surface area contributed by atoms with Crippen LogP contribution in [0.5, 0.6) is 0 Å². The van der Waals surface area contributed by atoms with Gasteiger partial charge in [-0.1, -0.05) is 29.8 Å². The summed E-state index contributed by atoms with van der Waals surface area (Å²) < 4.78 is 6.74. The average Bonchev–Trinajstić information content (AvgIpc) is 2.71. The monoisotopic (exact) mass is 325 g/mol. The third-order valence-corrected chi connectivity index (χ3v) is 3.52. The van der Waals surface area contributed by atoms with Crippen LogP contribution >= 0.6 is 15.9 Å². The number of furan rings is 1. The Bertz CT molecular complexity index is 560. The first kappa shape index (κ1) is 14.6. The number of hydrogen-bond donors (Lipinski definition) is 2. The maximum atomic E-state index is 10.5. The molecule has 0 saturated heterocycles. The van der Waals surface area contributed by atoms with Gasteiger partial charge >= 0.3 is 0 Å². The van der Waals surface area contributed by atoms with Crippen LogP contribution in [0.3, 0.4) is 0 Å². The molecule has 0 aliphatic rings. The molecule has 0 fully saturated rings. The molecule has 2 rings (SSSR count). The van der Waals surface area contributed by atoms with Crippen LogP contribution in [-0.2, 0) is 5.60 Å². The van der Waals surface area contributed by atoms with E-state index in [-0.39, 0.29) is 0 Å². The predicted molar refractivity (Wildman–Crippen MR) is 81.2 cm³/mol. The average molecular weight is 326 g/mol. The molecule has 19 heavy (non-hydrogen) atoms. The maximum Gasteiger partial charge on any atom is 0.137 e. The summed E-state index contributed by atoms with van der Waals surface area (Å²) in [5, 5.41) is 14.8. The summed E-state index contributed by atoms with van der Waals surface area (Å²) in [6.45, 7) is 7.40. The van der Waals surface area contributed by atoms with E-state index >= 15 is 0 Å². The van der Waals surface area contributed by atoms with Crippen molar-refractivity contribution in [3.8, 4) is 0 Å². The highest BCUT2D eigenvalue weighted by atomic mass is 79.9. The third-order valence-electron chi connectivity index (χ3n) is 3.03. The molecule has 0 bridgehead atoms. The molecule has 104 valence electrons. The van der Waals surface area contributed by atoms with Gasteiger partial charge in [0.15, 0.2) is 0 Å². The van der Waals surface area contributed by atoms with Crippen LogP contribution in [0.1, 0.15) is 26.5 Å². The highest BCUT2D eigenvalue weighted by molar-refractivity contribution is 9.10. The van der Waals surface area contributed by atoms with Crippen molar-refractivity contribution in [3.05, 3.63) is 34.5 Å². The van der Waals surface area contributed by atoms with Crippen LogP contribution in [0.25, 0.3) is 11.0 Å². The van der Waals surface area contributed by atoms with Crippen molar-refractivity contribution >= 4 is 26.9 Å². The van der Waals surface area contributed by atoms with Crippen molar-refractivity contribution < 1.29 is 9.52 Å². The zero-order valence-electron chi connectivity index (χ0n) is 11.5. The molecular formula is C15H20BrNO2. The number of benzene rings is 1. The Kier molecular flexibility index (Phi) is 4.33. The Labute approximate surface area is 122 Å². The lowest BCUT2D eigenvalue weighted by molar-refractivity contribution is 0.0354. The van der Waals surface area contributed by atoms with Gasteiger partial charge in [0.2, 0.25) is 0 Å². The molecule has 0 amide bonds. The zero-order chi connectivity index (χ0) is 14.0. The Morgan fingerprint density at radius 2 is 2.11 bits per heavy atom. The molecule has 0 saturated carbocycles. The van der Waals surface area contributed by atoms with Crippen molar-refractivity contribution in [2.75, 3.05) is 13.1 Å². The van der Waals surface area contributed by atoms with Crippen molar-refractivity contribution in [2.45, 2.75) is 26.4 Å². The number of halogens is 1. The summed E-state index contributed by atoms with van der Waals surface area (Å²) in [7, 11) is 0.